The number of hydrogen-bond donors (Lipinski definition) is 1. The fourth-order valence-electron chi connectivity index (χ4n) is 2.32. The van der Waals surface area contributed by atoms with Crippen molar-refractivity contribution in [3.63, 3.8) is 0 Å². The minimum atomic E-state index is -0.837. The van der Waals surface area contributed by atoms with E-state index in [1.54, 1.807) is 19.1 Å². The van der Waals surface area contributed by atoms with Gasteiger partial charge < -0.3 is 9.84 Å². The van der Waals surface area contributed by atoms with Gasteiger partial charge in [0.05, 0.1) is 6.61 Å². The molecule has 0 bridgehead atoms. The van der Waals surface area contributed by atoms with Gasteiger partial charge in [0.1, 0.15) is 5.75 Å². The molecular formula is C18H26O4. The molecule has 1 aromatic carbocycles. The minimum Gasteiger partial charge on any atom is -0.507 e. The lowest BCUT2D eigenvalue weighted by Gasteiger charge is -2.12. The average molecular weight is 306 g/mol. The van der Waals surface area contributed by atoms with E-state index in [0.717, 1.165) is 36.8 Å². The van der Waals surface area contributed by atoms with Crippen LogP contribution in [0.1, 0.15) is 67.9 Å². The highest BCUT2D eigenvalue weighted by molar-refractivity contribution is 6.40. The third-order valence-corrected chi connectivity index (χ3v) is 3.59. The van der Waals surface area contributed by atoms with Crippen LogP contribution in [0.5, 0.6) is 5.75 Å². The lowest BCUT2D eigenvalue weighted by Crippen LogP contribution is -2.18. The summed E-state index contributed by atoms with van der Waals surface area (Å²) in [7, 11) is 0. The molecule has 0 atom stereocenters. The number of aromatic hydroxyl groups is 1. The predicted molar refractivity (Wildman–Crippen MR) is 86.3 cm³/mol. The first kappa shape index (κ1) is 18.2. The molecule has 4 nitrogen and oxygen atoms in total. The van der Waals surface area contributed by atoms with E-state index >= 15 is 0 Å². The summed E-state index contributed by atoms with van der Waals surface area (Å²) in [6, 6.07) is 3.25. The van der Waals surface area contributed by atoms with Gasteiger partial charge in [-0.15, -0.1) is 0 Å². The zero-order valence-electron chi connectivity index (χ0n) is 13.8. The van der Waals surface area contributed by atoms with Gasteiger partial charge in [-0.25, -0.2) is 4.79 Å². The van der Waals surface area contributed by atoms with Crippen LogP contribution in [0.25, 0.3) is 0 Å². The number of unbranched alkanes of at least 4 members (excludes halogenated alkanes) is 2. The summed E-state index contributed by atoms with van der Waals surface area (Å²) >= 11 is 0. The lowest BCUT2D eigenvalue weighted by molar-refractivity contribution is -0.137. The number of phenolic OH excluding ortho intramolecular Hbond substituents is 1. The van der Waals surface area contributed by atoms with Crippen LogP contribution < -0.4 is 0 Å². The Kier molecular flexibility index (Phi) is 7.64. The van der Waals surface area contributed by atoms with Crippen LogP contribution in [0.4, 0.5) is 0 Å². The maximum absolute atomic E-state index is 12.1. The second-order valence-electron chi connectivity index (χ2n) is 5.40. The summed E-state index contributed by atoms with van der Waals surface area (Å²) in [6.45, 7) is 5.99. The topological polar surface area (TPSA) is 63.6 Å². The summed E-state index contributed by atoms with van der Waals surface area (Å²) in [4.78, 5) is 23.8. The number of aryl methyl sites for hydroxylation is 2. The molecule has 1 N–H and O–H groups in total. The SMILES string of the molecule is CCCCc1cc(C(=O)C(=O)OCC)cc(CCCC)c1O. The molecule has 0 radical (unpaired) electrons. The number of phenols is 1. The van der Waals surface area contributed by atoms with Gasteiger partial charge in [-0.05, 0) is 55.9 Å². The van der Waals surface area contributed by atoms with E-state index in [1.807, 2.05) is 0 Å². The molecule has 122 valence electrons. The molecule has 1 rings (SSSR count). The number of ether oxygens (including phenoxy) is 1. The molecule has 22 heavy (non-hydrogen) atoms. The Bertz CT molecular complexity index is 491. The minimum absolute atomic E-state index is 0.175. The van der Waals surface area contributed by atoms with Crippen molar-refractivity contribution in [2.75, 3.05) is 6.61 Å². The Morgan fingerprint density at radius 1 is 1.00 bits per heavy atom. The molecule has 0 aliphatic carbocycles. The number of carbonyl (C=O) groups excluding carboxylic acids is 2. The van der Waals surface area contributed by atoms with Crippen LogP contribution in [0, 0.1) is 0 Å². The van der Waals surface area contributed by atoms with Crippen LogP contribution in [0.2, 0.25) is 0 Å². The largest absolute Gasteiger partial charge is 0.507 e. The van der Waals surface area contributed by atoms with E-state index in [4.69, 9.17) is 4.74 Å². The van der Waals surface area contributed by atoms with Gasteiger partial charge in [0.2, 0.25) is 0 Å². The highest BCUT2D eigenvalue weighted by atomic mass is 16.5. The van der Waals surface area contributed by atoms with Crippen molar-refractivity contribution < 1.29 is 19.4 Å². The Labute approximate surface area is 132 Å². The van der Waals surface area contributed by atoms with Crippen molar-refractivity contribution >= 4 is 11.8 Å². The van der Waals surface area contributed by atoms with Gasteiger partial charge in [-0.1, -0.05) is 26.7 Å². The molecule has 0 aliphatic heterocycles. The Morgan fingerprint density at radius 2 is 1.50 bits per heavy atom. The van der Waals surface area contributed by atoms with Gasteiger partial charge in [0.25, 0.3) is 5.78 Å². The van der Waals surface area contributed by atoms with E-state index in [9.17, 15) is 14.7 Å². The van der Waals surface area contributed by atoms with Gasteiger partial charge in [0.15, 0.2) is 0 Å². The fraction of sp³-hybridized carbons (Fsp3) is 0.556. The fourth-order valence-corrected chi connectivity index (χ4v) is 2.32. The monoisotopic (exact) mass is 306 g/mol. The molecule has 0 amide bonds. The molecule has 0 aliphatic rings. The number of hydrogen-bond acceptors (Lipinski definition) is 4. The van der Waals surface area contributed by atoms with Crippen molar-refractivity contribution in [3.8, 4) is 5.75 Å². The highest BCUT2D eigenvalue weighted by Gasteiger charge is 2.20. The van der Waals surface area contributed by atoms with Gasteiger partial charge in [0, 0.05) is 5.56 Å². The van der Waals surface area contributed by atoms with E-state index in [2.05, 4.69) is 13.8 Å². The third-order valence-electron chi connectivity index (χ3n) is 3.59. The van der Waals surface area contributed by atoms with E-state index in [1.165, 1.54) is 0 Å². The van der Waals surface area contributed by atoms with E-state index in [-0.39, 0.29) is 12.4 Å². The zero-order chi connectivity index (χ0) is 16.5. The highest BCUT2D eigenvalue weighted by Crippen LogP contribution is 2.28. The second kappa shape index (κ2) is 9.23. The molecule has 0 aromatic heterocycles. The zero-order valence-corrected chi connectivity index (χ0v) is 13.8. The molecule has 0 saturated carbocycles. The predicted octanol–water partition coefficient (Wildman–Crippen LogP) is 3.82. The van der Waals surface area contributed by atoms with Crippen molar-refractivity contribution in [1.82, 2.24) is 0 Å². The van der Waals surface area contributed by atoms with Gasteiger partial charge >= 0.3 is 5.97 Å². The average Bonchev–Trinajstić information content (AvgIpc) is 2.52. The van der Waals surface area contributed by atoms with E-state index in [0.29, 0.717) is 18.4 Å². The molecule has 0 unspecified atom stereocenters. The Morgan fingerprint density at radius 3 is 1.91 bits per heavy atom. The van der Waals surface area contributed by atoms with Gasteiger partial charge in [-0.2, -0.15) is 0 Å². The number of ketones is 1. The molecule has 0 spiro atoms. The van der Waals surface area contributed by atoms with Crippen molar-refractivity contribution in [1.29, 1.82) is 0 Å². The number of Topliss-reactive ketones (excluding diaryl/α,β-unsaturated/α-hetero) is 1. The standard InChI is InChI=1S/C18H26O4/c1-4-7-9-13-11-15(17(20)18(21)22-6-3)12-14(16(13)19)10-8-5-2/h11-12,19H,4-10H2,1-3H3. The van der Waals surface area contributed by atoms with Crippen LogP contribution in [0.15, 0.2) is 12.1 Å². The summed E-state index contributed by atoms with van der Waals surface area (Å²) in [5.74, 6) is -1.21. The molecule has 0 saturated heterocycles. The van der Waals surface area contributed by atoms with Crippen LogP contribution in [0.3, 0.4) is 0 Å². The third kappa shape index (κ3) is 4.86. The smallest absolute Gasteiger partial charge is 0.379 e. The Hall–Kier alpha value is -1.84. The second-order valence-corrected chi connectivity index (χ2v) is 5.40. The lowest BCUT2D eigenvalue weighted by atomic mass is 9.95. The van der Waals surface area contributed by atoms with Crippen molar-refractivity contribution in [3.05, 3.63) is 28.8 Å². The number of carbonyl (C=O) groups is 2. The number of benzene rings is 1. The van der Waals surface area contributed by atoms with Gasteiger partial charge in [-0.3, -0.25) is 4.79 Å². The van der Waals surface area contributed by atoms with Crippen molar-refractivity contribution in [2.24, 2.45) is 0 Å². The summed E-state index contributed by atoms with van der Waals surface area (Å²) in [5.41, 5.74) is 1.79. The first-order valence-electron chi connectivity index (χ1n) is 8.11. The Balaban J connectivity index is 3.14. The number of rotatable bonds is 9. The first-order chi connectivity index (χ1) is 10.5. The molecule has 1 aromatic rings. The molecule has 0 heterocycles. The number of esters is 1. The van der Waals surface area contributed by atoms with Crippen molar-refractivity contribution in [2.45, 2.75) is 59.3 Å². The van der Waals surface area contributed by atoms with Crippen LogP contribution >= 0.6 is 0 Å². The molecule has 0 fully saturated rings. The van der Waals surface area contributed by atoms with E-state index < -0.39 is 11.8 Å². The maximum atomic E-state index is 12.1. The first-order valence-corrected chi connectivity index (χ1v) is 8.11. The quantitative estimate of drug-likeness (QED) is 0.428. The summed E-state index contributed by atoms with van der Waals surface area (Å²) < 4.78 is 4.78. The summed E-state index contributed by atoms with van der Waals surface area (Å²) in [5, 5.41) is 10.4. The molecule has 4 heteroatoms. The van der Waals surface area contributed by atoms with Crippen LogP contribution in [-0.4, -0.2) is 23.5 Å². The van der Waals surface area contributed by atoms with Crippen LogP contribution in [-0.2, 0) is 22.4 Å². The molecular weight excluding hydrogens is 280 g/mol. The normalized spacial score (nSPS) is 10.5. The maximum Gasteiger partial charge on any atom is 0.379 e. The summed E-state index contributed by atoms with van der Waals surface area (Å²) in [6.07, 6.45) is 5.26.